The van der Waals surface area contributed by atoms with Gasteiger partial charge in [-0.05, 0) is 57.6 Å². The maximum absolute atomic E-state index is 12.6. The number of benzene rings is 1. The molecule has 1 atom stereocenters. The molecule has 1 fully saturated rings. The van der Waals surface area contributed by atoms with Gasteiger partial charge in [-0.15, -0.1) is 11.8 Å². The van der Waals surface area contributed by atoms with Crippen molar-refractivity contribution in [2.45, 2.75) is 63.3 Å². The van der Waals surface area contributed by atoms with Gasteiger partial charge in [0.1, 0.15) is 6.10 Å². The number of hydrogen-bond donors (Lipinski definition) is 0. The van der Waals surface area contributed by atoms with Gasteiger partial charge in [0.05, 0.1) is 6.10 Å². The Morgan fingerprint density at radius 1 is 1.29 bits per heavy atom. The molecular weight excluding hydrogens is 282 g/mol. The molecule has 4 heteroatoms. The number of carbonyl (C=O) groups excluding carboxylic acids is 1. The average molecular weight is 307 g/mol. The van der Waals surface area contributed by atoms with Crippen molar-refractivity contribution in [3.63, 3.8) is 0 Å². The molecule has 0 N–H and O–H groups in total. The van der Waals surface area contributed by atoms with Crippen LogP contribution in [0.1, 0.15) is 39.2 Å². The molecule has 1 aliphatic rings. The van der Waals surface area contributed by atoms with Gasteiger partial charge in [-0.1, -0.05) is 12.1 Å². The third kappa shape index (κ3) is 4.75. The summed E-state index contributed by atoms with van der Waals surface area (Å²) in [6.07, 6.45) is 4.01. The molecule has 21 heavy (non-hydrogen) atoms. The highest BCUT2D eigenvalue weighted by atomic mass is 32.2. The predicted octanol–water partition coefficient (Wildman–Crippen LogP) is 3.71. The van der Waals surface area contributed by atoms with Crippen LogP contribution in [0.15, 0.2) is 29.2 Å². The van der Waals surface area contributed by atoms with Crippen molar-refractivity contribution in [1.29, 1.82) is 0 Å². The highest BCUT2D eigenvalue weighted by Crippen LogP contribution is 2.29. The van der Waals surface area contributed by atoms with Gasteiger partial charge >= 0.3 is 0 Å². The predicted molar refractivity (Wildman–Crippen MR) is 87.5 cm³/mol. The zero-order valence-electron chi connectivity index (χ0n) is 13.3. The Kier molecular flexibility index (Phi) is 5.71. The molecule has 0 spiro atoms. The molecule has 116 valence electrons. The van der Waals surface area contributed by atoms with Crippen molar-refractivity contribution in [1.82, 2.24) is 4.90 Å². The summed E-state index contributed by atoms with van der Waals surface area (Å²) in [6.45, 7) is 6.47. The molecule has 0 aromatic heterocycles. The van der Waals surface area contributed by atoms with Crippen molar-refractivity contribution in [2.75, 3.05) is 6.26 Å². The fourth-order valence-electron chi connectivity index (χ4n) is 2.40. The second-order valence-electron chi connectivity index (χ2n) is 5.87. The minimum absolute atomic E-state index is 0.0749. The van der Waals surface area contributed by atoms with Crippen molar-refractivity contribution >= 4 is 17.7 Å². The second kappa shape index (κ2) is 7.32. The van der Waals surface area contributed by atoms with E-state index in [1.54, 1.807) is 11.8 Å². The van der Waals surface area contributed by atoms with Crippen LogP contribution in [0, 0.1) is 0 Å². The van der Waals surface area contributed by atoms with Crippen LogP contribution in [-0.2, 0) is 16.1 Å². The Morgan fingerprint density at radius 2 is 1.90 bits per heavy atom. The maximum Gasteiger partial charge on any atom is 0.251 e. The highest BCUT2D eigenvalue weighted by molar-refractivity contribution is 7.98. The van der Waals surface area contributed by atoms with Crippen molar-refractivity contribution in [3.8, 4) is 0 Å². The minimum atomic E-state index is -0.365. The minimum Gasteiger partial charge on any atom is -0.366 e. The zero-order chi connectivity index (χ0) is 15.4. The Labute approximate surface area is 132 Å². The van der Waals surface area contributed by atoms with Gasteiger partial charge in [-0.2, -0.15) is 0 Å². The van der Waals surface area contributed by atoms with Gasteiger partial charge in [0.2, 0.25) is 0 Å². The quantitative estimate of drug-likeness (QED) is 0.719. The lowest BCUT2D eigenvalue weighted by atomic mass is 10.2. The molecule has 1 unspecified atom stereocenters. The van der Waals surface area contributed by atoms with Crippen LogP contribution >= 0.6 is 11.8 Å². The van der Waals surface area contributed by atoms with E-state index in [0.29, 0.717) is 12.6 Å². The molecule has 0 bridgehead atoms. The van der Waals surface area contributed by atoms with Crippen LogP contribution in [0.4, 0.5) is 0 Å². The Morgan fingerprint density at radius 3 is 2.38 bits per heavy atom. The number of carbonyl (C=O) groups is 1. The number of nitrogens with zero attached hydrogens (tertiary/aromatic N) is 1. The molecule has 1 aliphatic carbocycles. The monoisotopic (exact) mass is 307 g/mol. The Hall–Kier alpha value is -1.00. The van der Waals surface area contributed by atoms with E-state index in [-0.39, 0.29) is 18.1 Å². The molecule has 0 aliphatic heterocycles. The topological polar surface area (TPSA) is 29.5 Å². The standard InChI is InChI=1S/C17H25NO2S/c1-12(2)20-13(3)17(19)18(15-7-8-15)11-14-5-9-16(21-4)10-6-14/h5-6,9-10,12-13,15H,7-8,11H2,1-4H3. The van der Waals surface area contributed by atoms with E-state index in [1.165, 1.54) is 10.5 Å². The highest BCUT2D eigenvalue weighted by Gasteiger charge is 2.35. The molecule has 0 saturated heterocycles. The molecule has 0 heterocycles. The first-order valence-corrected chi connectivity index (χ1v) is 8.82. The number of ether oxygens (including phenoxy) is 1. The second-order valence-corrected chi connectivity index (χ2v) is 6.75. The summed E-state index contributed by atoms with van der Waals surface area (Å²) >= 11 is 1.73. The van der Waals surface area contributed by atoms with Crippen molar-refractivity contribution in [2.24, 2.45) is 0 Å². The molecule has 0 radical (unpaired) electrons. The number of amides is 1. The summed E-state index contributed by atoms with van der Waals surface area (Å²) in [5, 5.41) is 0. The number of thioether (sulfide) groups is 1. The van der Waals surface area contributed by atoms with E-state index in [1.807, 2.05) is 25.7 Å². The van der Waals surface area contributed by atoms with Crippen LogP contribution in [0.5, 0.6) is 0 Å². The van der Waals surface area contributed by atoms with Crippen molar-refractivity contribution < 1.29 is 9.53 Å². The van der Waals surface area contributed by atoms with E-state index in [4.69, 9.17) is 4.74 Å². The van der Waals surface area contributed by atoms with E-state index in [2.05, 4.69) is 30.5 Å². The van der Waals surface area contributed by atoms with Gasteiger partial charge in [0.25, 0.3) is 5.91 Å². The van der Waals surface area contributed by atoms with Crippen LogP contribution in [0.3, 0.4) is 0 Å². The molecule has 3 nitrogen and oxygen atoms in total. The first-order valence-electron chi connectivity index (χ1n) is 7.60. The van der Waals surface area contributed by atoms with Gasteiger partial charge in [0.15, 0.2) is 0 Å². The van der Waals surface area contributed by atoms with Gasteiger partial charge in [0, 0.05) is 17.5 Å². The summed E-state index contributed by atoms with van der Waals surface area (Å²) in [4.78, 5) is 15.8. The number of rotatable bonds is 7. The lowest BCUT2D eigenvalue weighted by Crippen LogP contribution is -2.41. The van der Waals surface area contributed by atoms with Crippen LogP contribution in [0.25, 0.3) is 0 Å². The lowest BCUT2D eigenvalue weighted by molar-refractivity contribution is -0.146. The van der Waals surface area contributed by atoms with Crippen LogP contribution < -0.4 is 0 Å². The van der Waals surface area contributed by atoms with E-state index in [9.17, 15) is 4.79 Å². The normalized spacial score (nSPS) is 16.0. The Balaban J connectivity index is 2.03. The average Bonchev–Trinajstić information content (AvgIpc) is 3.28. The summed E-state index contributed by atoms with van der Waals surface area (Å²) in [7, 11) is 0. The van der Waals surface area contributed by atoms with Crippen LogP contribution in [-0.4, -0.2) is 35.3 Å². The van der Waals surface area contributed by atoms with Gasteiger partial charge in [-0.3, -0.25) is 4.79 Å². The summed E-state index contributed by atoms with van der Waals surface area (Å²) in [5.74, 6) is 0.111. The molecular formula is C17H25NO2S. The molecule has 2 rings (SSSR count). The largest absolute Gasteiger partial charge is 0.366 e. The Bertz CT molecular complexity index is 468. The van der Waals surface area contributed by atoms with Gasteiger partial charge in [-0.25, -0.2) is 0 Å². The molecule has 1 amide bonds. The van der Waals surface area contributed by atoms with Gasteiger partial charge < -0.3 is 9.64 Å². The molecule has 1 aromatic rings. The summed E-state index contributed by atoms with van der Waals surface area (Å²) < 4.78 is 5.65. The SMILES string of the molecule is CSc1ccc(CN(C(=O)C(C)OC(C)C)C2CC2)cc1. The first kappa shape index (κ1) is 16.4. The molecule has 1 aromatic carbocycles. The van der Waals surface area contributed by atoms with Crippen molar-refractivity contribution in [3.05, 3.63) is 29.8 Å². The summed E-state index contributed by atoms with van der Waals surface area (Å²) in [6, 6.07) is 8.86. The third-order valence-electron chi connectivity index (χ3n) is 3.61. The zero-order valence-corrected chi connectivity index (χ0v) is 14.2. The van der Waals surface area contributed by atoms with E-state index < -0.39 is 0 Å². The van der Waals surface area contributed by atoms with E-state index in [0.717, 1.165) is 12.8 Å². The maximum atomic E-state index is 12.6. The smallest absolute Gasteiger partial charge is 0.251 e. The summed E-state index contributed by atoms with van der Waals surface area (Å²) in [5.41, 5.74) is 1.18. The molecule has 1 saturated carbocycles. The third-order valence-corrected chi connectivity index (χ3v) is 4.35. The first-order chi connectivity index (χ1) is 10.0. The fourth-order valence-corrected chi connectivity index (χ4v) is 2.81. The fraction of sp³-hybridized carbons (Fsp3) is 0.588. The number of hydrogen-bond acceptors (Lipinski definition) is 3. The van der Waals surface area contributed by atoms with E-state index >= 15 is 0 Å². The van der Waals surface area contributed by atoms with Crippen LogP contribution in [0.2, 0.25) is 0 Å². The lowest BCUT2D eigenvalue weighted by Gasteiger charge is -2.27.